The number of nitrogen functional groups attached to an aromatic ring is 1. The topological polar surface area (TPSA) is 106 Å². The molecule has 1 aliphatic heterocycles. The van der Waals surface area contributed by atoms with Gasteiger partial charge in [-0.2, -0.15) is 0 Å². The van der Waals surface area contributed by atoms with Gasteiger partial charge in [-0.15, -0.1) is 0 Å². The Morgan fingerprint density at radius 3 is 2.79 bits per heavy atom. The van der Waals surface area contributed by atoms with E-state index in [0.717, 1.165) is 17.0 Å². The lowest BCUT2D eigenvalue weighted by Crippen LogP contribution is -2.36. The molecule has 3 N–H and O–H groups in total. The van der Waals surface area contributed by atoms with Crippen LogP contribution in [0.15, 0.2) is 60.5 Å². The SMILES string of the molecule is Nc1nc2c(c(-c3c(Cl)cc(Cl)cc3OCCc3ccccn3)n1)CN(C(=O)NC1=CC=C1)C2. The molecule has 0 radical (unpaired) electrons. The van der Waals surface area contributed by atoms with Crippen LogP contribution in [-0.2, 0) is 19.5 Å². The van der Waals surface area contributed by atoms with Crippen molar-refractivity contribution in [2.75, 3.05) is 12.3 Å². The number of ether oxygens (including phenoxy) is 1. The van der Waals surface area contributed by atoms with Gasteiger partial charge in [0.05, 0.1) is 41.7 Å². The van der Waals surface area contributed by atoms with Crippen LogP contribution in [0.4, 0.5) is 10.7 Å². The first-order valence-corrected chi connectivity index (χ1v) is 11.3. The highest BCUT2D eigenvalue weighted by atomic mass is 35.5. The number of carbonyl (C=O) groups is 1. The smallest absolute Gasteiger partial charge is 0.322 e. The standard InChI is InChI=1S/C24H20Cl2N6O2/c25-14-10-18(26)21(20(11-14)34-9-7-15-4-1-2-8-28-15)22-17-12-32(13-19(17)30-23(27)31-22)24(33)29-16-5-3-6-16/h1-6,8,10-11H,7,9,12-13H2,(H,29,33)(H2,27,30,31). The van der Waals surface area contributed by atoms with Crippen LogP contribution in [0, 0.1) is 0 Å². The van der Waals surface area contributed by atoms with Crippen molar-refractivity contribution in [1.82, 2.24) is 25.2 Å². The minimum Gasteiger partial charge on any atom is -0.492 e. The van der Waals surface area contributed by atoms with Crippen LogP contribution in [0.25, 0.3) is 11.3 Å². The normalized spacial score (nSPS) is 13.8. The number of hydrogen-bond donors (Lipinski definition) is 2. The molecule has 0 saturated heterocycles. The van der Waals surface area contributed by atoms with E-state index in [2.05, 4.69) is 20.3 Å². The maximum absolute atomic E-state index is 12.7. The van der Waals surface area contributed by atoms with E-state index >= 15 is 0 Å². The summed E-state index contributed by atoms with van der Waals surface area (Å²) in [5.41, 5.74) is 10.2. The van der Waals surface area contributed by atoms with Gasteiger partial charge in [-0.3, -0.25) is 4.98 Å². The fourth-order valence-electron chi connectivity index (χ4n) is 3.81. The Balaban J connectivity index is 1.44. The number of allylic oxidation sites excluding steroid dienone is 3. The summed E-state index contributed by atoms with van der Waals surface area (Å²) in [6.07, 6.45) is 7.85. The van der Waals surface area contributed by atoms with E-state index in [1.807, 2.05) is 36.4 Å². The summed E-state index contributed by atoms with van der Waals surface area (Å²) in [5.74, 6) is 0.562. The van der Waals surface area contributed by atoms with Crippen LogP contribution in [-0.4, -0.2) is 32.5 Å². The number of nitrogens with two attached hydrogens (primary N) is 1. The van der Waals surface area contributed by atoms with Crippen molar-refractivity contribution in [3.63, 3.8) is 0 Å². The molecule has 2 aromatic heterocycles. The number of fused-ring (bicyclic) bond motifs is 1. The summed E-state index contributed by atoms with van der Waals surface area (Å²) in [5, 5.41) is 3.65. The van der Waals surface area contributed by atoms with Gasteiger partial charge in [-0.05, 0) is 36.4 Å². The molecule has 3 aromatic rings. The third-order valence-electron chi connectivity index (χ3n) is 5.49. The third-order valence-corrected chi connectivity index (χ3v) is 6.00. The molecule has 1 aliphatic carbocycles. The molecular formula is C24H20Cl2N6O2. The van der Waals surface area contributed by atoms with E-state index < -0.39 is 0 Å². The predicted octanol–water partition coefficient (Wildman–Crippen LogP) is 4.53. The van der Waals surface area contributed by atoms with Crippen LogP contribution in [0.3, 0.4) is 0 Å². The monoisotopic (exact) mass is 494 g/mol. The molecule has 1 aromatic carbocycles. The minimum absolute atomic E-state index is 0.0890. The Bertz CT molecular complexity index is 1330. The molecule has 34 heavy (non-hydrogen) atoms. The highest BCUT2D eigenvalue weighted by Crippen LogP contribution is 2.42. The van der Waals surface area contributed by atoms with Crippen LogP contribution >= 0.6 is 23.2 Å². The number of nitrogens with one attached hydrogen (secondary N) is 1. The van der Waals surface area contributed by atoms with Crippen molar-refractivity contribution in [2.45, 2.75) is 19.5 Å². The zero-order valence-electron chi connectivity index (χ0n) is 18.0. The maximum Gasteiger partial charge on any atom is 0.322 e. The van der Waals surface area contributed by atoms with Crippen LogP contribution < -0.4 is 15.8 Å². The van der Waals surface area contributed by atoms with Crippen LogP contribution in [0.2, 0.25) is 10.0 Å². The second-order valence-corrected chi connectivity index (χ2v) is 8.65. The Labute approximate surface area is 206 Å². The Morgan fingerprint density at radius 1 is 1.21 bits per heavy atom. The summed E-state index contributed by atoms with van der Waals surface area (Å²) in [7, 11) is 0. The van der Waals surface area contributed by atoms with Gasteiger partial charge in [-0.1, -0.05) is 35.3 Å². The molecule has 3 heterocycles. The highest BCUT2D eigenvalue weighted by molar-refractivity contribution is 6.37. The first-order chi connectivity index (χ1) is 16.5. The Kier molecular flexibility index (Phi) is 6.08. The molecule has 0 spiro atoms. The summed E-state index contributed by atoms with van der Waals surface area (Å²) in [6.45, 7) is 0.972. The van der Waals surface area contributed by atoms with Crippen LogP contribution in [0.1, 0.15) is 17.0 Å². The maximum atomic E-state index is 12.7. The summed E-state index contributed by atoms with van der Waals surface area (Å²) in [6, 6.07) is 8.82. The number of halogens is 2. The molecule has 0 saturated carbocycles. The number of aromatic nitrogens is 3. The first kappa shape index (κ1) is 22.2. The number of amides is 2. The molecule has 8 nitrogen and oxygen atoms in total. The summed E-state index contributed by atoms with van der Waals surface area (Å²) >= 11 is 12.9. The number of carbonyl (C=O) groups excluding carboxylic acids is 1. The number of benzene rings is 1. The fraction of sp³-hybridized carbons (Fsp3) is 0.167. The molecule has 0 unspecified atom stereocenters. The fourth-order valence-corrected chi connectivity index (χ4v) is 4.37. The lowest BCUT2D eigenvalue weighted by Gasteiger charge is -2.18. The van der Waals surface area contributed by atoms with Gasteiger partial charge in [-0.25, -0.2) is 14.8 Å². The minimum atomic E-state index is -0.229. The zero-order chi connectivity index (χ0) is 23.7. The van der Waals surface area contributed by atoms with Gasteiger partial charge in [0.2, 0.25) is 5.95 Å². The summed E-state index contributed by atoms with van der Waals surface area (Å²) < 4.78 is 6.09. The number of nitrogens with zero attached hydrogens (tertiary/aromatic N) is 4. The van der Waals surface area contributed by atoms with E-state index in [9.17, 15) is 4.79 Å². The van der Waals surface area contributed by atoms with Gasteiger partial charge < -0.3 is 20.7 Å². The largest absolute Gasteiger partial charge is 0.492 e. The molecule has 2 aliphatic rings. The number of rotatable bonds is 6. The highest BCUT2D eigenvalue weighted by Gasteiger charge is 2.31. The average Bonchev–Trinajstić information content (AvgIpc) is 3.20. The van der Waals surface area contributed by atoms with Crippen molar-refractivity contribution in [3.8, 4) is 17.0 Å². The van der Waals surface area contributed by atoms with Crippen molar-refractivity contribution in [1.29, 1.82) is 0 Å². The van der Waals surface area contributed by atoms with Crippen LogP contribution in [0.5, 0.6) is 5.75 Å². The van der Waals surface area contributed by atoms with E-state index in [0.29, 0.717) is 58.9 Å². The van der Waals surface area contributed by atoms with Gasteiger partial charge in [0.25, 0.3) is 0 Å². The van der Waals surface area contributed by atoms with E-state index in [4.69, 9.17) is 33.7 Å². The molecule has 0 bridgehead atoms. The van der Waals surface area contributed by atoms with Crippen molar-refractivity contribution in [3.05, 3.63) is 87.5 Å². The zero-order valence-corrected chi connectivity index (χ0v) is 19.5. The molecule has 2 amide bonds. The Morgan fingerprint density at radius 2 is 2.06 bits per heavy atom. The quantitative estimate of drug-likeness (QED) is 0.521. The van der Waals surface area contributed by atoms with Gasteiger partial charge >= 0.3 is 6.03 Å². The number of urea groups is 1. The third kappa shape index (κ3) is 4.55. The van der Waals surface area contributed by atoms with Crippen molar-refractivity contribution in [2.24, 2.45) is 0 Å². The van der Waals surface area contributed by atoms with Gasteiger partial charge in [0.1, 0.15) is 5.75 Å². The Hall–Kier alpha value is -3.62. The molecule has 0 fully saturated rings. The van der Waals surface area contributed by atoms with Crippen molar-refractivity contribution >= 4 is 35.2 Å². The average molecular weight is 495 g/mol. The molecule has 5 rings (SSSR count). The molecule has 10 heteroatoms. The number of hydrogen-bond acceptors (Lipinski definition) is 6. The van der Waals surface area contributed by atoms with E-state index in [1.165, 1.54) is 0 Å². The van der Waals surface area contributed by atoms with E-state index in [-0.39, 0.29) is 12.0 Å². The second-order valence-electron chi connectivity index (χ2n) is 7.80. The van der Waals surface area contributed by atoms with Gasteiger partial charge in [0.15, 0.2) is 0 Å². The predicted molar refractivity (Wildman–Crippen MR) is 130 cm³/mol. The lowest BCUT2D eigenvalue weighted by molar-refractivity contribution is 0.201. The number of pyridine rings is 1. The molecule has 172 valence electrons. The molecular weight excluding hydrogens is 475 g/mol. The number of anilines is 1. The van der Waals surface area contributed by atoms with Gasteiger partial charge in [0, 0.05) is 34.6 Å². The van der Waals surface area contributed by atoms with E-state index in [1.54, 1.807) is 23.2 Å². The molecule has 0 atom stereocenters. The van der Waals surface area contributed by atoms with Crippen molar-refractivity contribution < 1.29 is 9.53 Å². The summed E-state index contributed by atoms with van der Waals surface area (Å²) in [4.78, 5) is 27.5. The first-order valence-electron chi connectivity index (χ1n) is 10.6. The second kappa shape index (κ2) is 9.32. The lowest BCUT2D eigenvalue weighted by atomic mass is 10.0.